The predicted molar refractivity (Wildman–Crippen MR) is 77.2 cm³/mol. The number of nitrogen functional groups attached to an aromatic ring is 1. The number of hydrogen-bond acceptors (Lipinski definition) is 6. The number of sulfonamides is 1. The molecule has 106 valence electrons. The van der Waals surface area contributed by atoms with E-state index in [1.54, 1.807) is 6.07 Å². The van der Waals surface area contributed by atoms with Crippen molar-refractivity contribution in [1.82, 2.24) is 9.71 Å². The lowest BCUT2D eigenvalue weighted by Crippen LogP contribution is -2.19. The normalized spacial score (nSPS) is 11.2. The van der Waals surface area contributed by atoms with Crippen LogP contribution in [0.2, 0.25) is 0 Å². The third kappa shape index (κ3) is 3.13. The van der Waals surface area contributed by atoms with Crippen LogP contribution in [0.25, 0.3) is 0 Å². The highest BCUT2D eigenvalue weighted by molar-refractivity contribution is 7.89. The van der Waals surface area contributed by atoms with Crippen molar-refractivity contribution in [1.29, 1.82) is 0 Å². The topological polar surface area (TPSA) is 114 Å². The van der Waals surface area contributed by atoms with Crippen LogP contribution in [0, 0.1) is 0 Å². The van der Waals surface area contributed by atoms with Gasteiger partial charge in [0.15, 0.2) is 5.13 Å². The van der Waals surface area contributed by atoms with Gasteiger partial charge in [-0.2, -0.15) is 0 Å². The number of hydrogen-bond donors (Lipinski definition) is 3. The van der Waals surface area contributed by atoms with Crippen molar-refractivity contribution in [3.05, 3.63) is 35.3 Å². The van der Waals surface area contributed by atoms with Crippen LogP contribution in [-0.4, -0.2) is 26.4 Å². The minimum Gasteiger partial charge on any atom is -0.375 e. The Morgan fingerprint density at radius 1 is 1.40 bits per heavy atom. The molecule has 0 aliphatic heterocycles. The largest absolute Gasteiger partial charge is 0.375 e. The third-order valence-corrected chi connectivity index (χ3v) is 4.51. The first-order valence-electron chi connectivity index (χ1n) is 5.48. The molecule has 1 aromatic carbocycles. The van der Waals surface area contributed by atoms with Gasteiger partial charge in [0, 0.05) is 11.1 Å². The van der Waals surface area contributed by atoms with E-state index in [-0.39, 0.29) is 10.6 Å². The summed E-state index contributed by atoms with van der Waals surface area (Å²) in [6.45, 7) is 0. The Morgan fingerprint density at radius 3 is 2.75 bits per heavy atom. The fraction of sp³-hybridized carbons (Fsp3) is 0.0909. The maximum absolute atomic E-state index is 11.9. The number of aromatic nitrogens is 1. The van der Waals surface area contributed by atoms with Gasteiger partial charge in [-0.15, -0.1) is 11.3 Å². The molecule has 0 bridgehead atoms. The van der Waals surface area contributed by atoms with Crippen molar-refractivity contribution in [2.24, 2.45) is 0 Å². The minimum atomic E-state index is -3.55. The summed E-state index contributed by atoms with van der Waals surface area (Å²) in [6.07, 6.45) is 0. The maximum atomic E-state index is 11.9. The Kier molecular flexibility index (Phi) is 4.02. The lowest BCUT2D eigenvalue weighted by molar-refractivity contribution is 0.102. The van der Waals surface area contributed by atoms with Crippen LogP contribution in [0.5, 0.6) is 0 Å². The summed E-state index contributed by atoms with van der Waals surface area (Å²) in [6, 6.07) is 5.92. The fourth-order valence-corrected chi connectivity index (χ4v) is 2.76. The molecule has 0 saturated carbocycles. The smallest absolute Gasteiger partial charge is 0.275 e. The maximum Gasteiger partial charge on any atom is 0.275 e. The molecule has 2 rings (SSSR count). The van der Waals surface area contributed by atoms with Crippen LogP contribution in [0.3, 0.4) is 0 Å². The molecule has 0 atom stereocenters. The quantitative estimate of drug-likeness (QED) is 0.775. The number of nitrogens with two attached hydrogens (primary N) is 1. The summed E-state index contributed by atoms with van der Waals surface area (Å²) in [5.41, 5.74) is 6.00. The summed E-state index contributed by atoms with van der Waals surface area (Å²) in [5, 5.41) is 4.39. The average Bonchev–Trinajstić information content (AvgIpc) is 2.86. The van der Waals surface area contributed by atoms with E-state index in [2.05, 4.69) is 15.0 Å². The first kappa shape index (κ1) is 14.4. The van der Waals surface area contributed by atoms with Crippen LogP contribution in [-0.2, 0) is 10.0 Å². The molecule has 0 unspecified atom stereocenters. The Balaban J connectivity index is 2.23. The van der Waals surface area contributed by atoms with E-state index in [1.807, 2.05) is 0 Å². The van der Waals surface area contributed by atoms with E-state index in [0.717, 1.165) is 11.3 Å². The van der Waals surface area contributed by atoms with Gasteiger partial charge in [-0.05, 0) is 25.2 Å². The summed E-state index contributed by atoms with van der Waals surface area (Å²) in [4.78, 5) is 15.8. The Bertz CT molecular complexity index is 740. The highest BCUT2D eigenvalue weighted by atomic mass is 32.2. The number of carbonyl (C=O) groups is 1. The summed E-state index contributed by atoms with van der Waals surface area (Å²) < 4.78 is 25.5. The molecule has 4 N–H and O–H groups in total. The van der Waals surface area contributed by atoms with Crippen molar-refractivity contribution < 1.29 is 13.2 Å². The Hall–Kier alpha value is -1.97. The van der Waals surface area contributed by atoms with Gasteiger partial charge in [0.25, 0.3) is 5.91 Å². The molecule has 0 spiro atoms. The first-order chi connectivity index (χ1) is 9.42. The summed E-state index contributed by atoms with van der Waals surface area (Å²) >= 11 is 1.15. The molecule has 0 radical (unpaired) electrons. The van der Waals surface area contributed by atoms with Crippen molar-refractivity contribution in [3.63, 3.8) is 0 Å². The standard InChI is InChI=1S/C11H12N4O3S2/c1-13-20(17,18)8-4-2-3-7(5-8)14-10(16)9-6-19-11(12)15-9/h2-6,13H,1H3,(H2,12,15)(H,14,16). The van der Waals surface area contributed by atoms with Gasteiger partial charge >= 0.3 is 0 Å². The number of anilines is 2. The molecule has 1 heterocycles. The molecular weight excluding hydrogens is 300 g/mol. The van der Waals surface area contributed by atoms with Gasteiger partial charge in [0.1, 0.15) is 5.69 Å². The van der Waals surface area contributed by atoms with Gasteiger partial charge in [-0.25, -0.2) is 18.1 Å². The summed E-state index contributed by atoms with van der Waals surface area (Å²) in [7, 11) is -2.23. The van der Waals surface area contributed by atoms with Gasteiger partial charge < -0.3 is 11.1 Å². The molecule has 0 aliphatic rings. The van der Waals surface area contributed by atoms with Crippen LogP contribution in [0.4, 0.5) is 10.8 Å². The van der Waals surface area contributed by atoms with Crippen LogP contribution < -0.4 is 15.8 Å². The van der Waals surface area contributed by atoms with Gasteiger partial charge in [0.2, 0.25) is 10.0 Å². The molecule has 0 aliphatic carbocycles. The van der Waals surface area contributed by atoms with Crippen LogP contribution in [0.1, 0.15) is 10.5 Å². The van der Waals surface area contributed by atoms with Crippen molar-refractivity contribution >= 4 is 38.1 Å². The fourth-order valence-electron chi connectivity index (χ4n) is 1.45. The number of amides is 1. The van der Waals surface area contributed by atoms with Gasteiger partial charge in [-0.1, -0.05) is 6.07 Å². The van der Waals surface area contributed by atoms with Gasteiger partial charge in [-0.3, -0.25) is 4.79 Å². The van der Waals surface area contributed by atoms with E-state index in [9.17, 15) is 13.2 Å². The predicted octanol–water partition coefficient (Wildman–Crippen LogP) is 0.886. The molecule has 0 saturated heterocycles. The second kappa shape index (κ2) is 5.57. The molecule has 1 aromatic heterocycles. The highest BCUT2D eigenvalue weighted by Gasteiger charge is 2.14. The van der Waals surface area contributed by atoms with E-state index < -0.39 is 15.9 Å². The number of carbonyl (C=O) groups excluding carboxylic acids is 1. The van der Waals surface area contributed by atoms with Crippen molar-refractivity contribution in [3.8, 4) is 0 Å². The zero-order valence-corrected chi connectivity index (χ0v) is 12.1. The molecular formula is C11H12N4O3S2. The number of rotatable bonds is 4. The SMILES string of the molecule is CNS(=O)(=O)c1cccc(NC(=O)c2csc(N)n2)c1. The minimum absolute atomic E-state index is 0.0654. The van der Waals surface area contributed by atoms with Crippen LogP contribution >= 0.6 is 11.3 Å². The summed E-state index contributed by atoms with van der Waals surface area (Å²) in [5.74, 6) is -0.447. The molecule has 7 nitrogen and oxygen atoms in total. The van der Waals surface area contributed by atoms with E-state index in [1.165, 1.54) is 30.6 Å². The van der Waals surface area contributed by atoms with E-state index >= 15 is 0 Å². The highest BCUT2D eigenvalue weighted by Crippen LogP contribution is 2.17. The average molecular weight is 312 g/mol. The van der Waals surface area contributed by atoms with Gasteiger partial charge in [0.05, 0.1) is 4.90 Å². The van der Waals surface area contributed by atoms with Crippen molar-refractivity contribution in [2.45, 2.75) is 4.90 Å². The lowest BCUT2D eigenvalue weighted by Gasteiger charge is -2.06. The Morgan fingerprint density at radius 2 is 2.15 bits per heavy atom. The Labute approximate surface area is 119 Å². The van der Waals surface area contributed by atoms with E-state index in [0.29, 0.717) is 10.8 Å². The second-order valence-corrected chi connectivity index (χ2v) is 6.54. The lowest BCUT2D eigenvalue weighted by atomic mass is 10.3. The number of nitrogens with one attached hydrogen (secondary N) is 2. The molecule has 1 amide bonds. The zero-order valence-electron chi connectivity index (χ0n) is 10.5. The molecule has 0 fully saturated rings. The van der Waals surface area contributed by atoms with Crippen LogP contribution in [0.15, 0.2) is 34.5 Å². The van der Waals surface area contributed by atoms with Crippen molar-refractivity contribution in [2.75, 3.05) is 18.1 Å². The second-order valence-electron chi connectivity index (χ2n) is 3.76. The molecule has 2 aromatic rings. The third-order valence-electron chi connectivity index (χ3n) is 2.43. The number of benzene rings is 1. The monoisotopic (exact) mass is 312 g/mol. The first-order valence-corrected chi connectivity index (χ1v) is 7.84. The zero-order chi connectivity index (χ0) is 14.8. The molecule has 20 heavy (non-hydrogen) atoms. The number of nitrogens with zero attached hydrogens (tertiary/aromatic N) is 1. The molecule has 9 heteroatoms. The van der Waals surface area contributed by atoms with E-state index in [4.69, 9.17) is 5.73 Å². The number of thiazole rings is 1.